The van der Waals surface area contributed by atoms with Crippen LogP contribution in [0.4, 0.5) is 0 Å². The number of thiazole rings is 2. The number of nitrogens with one attached hydrogen (secondary N) is 1. The van der Waals surface area contributed by atoms with Crippen LogP contribution in [0.3, 0.4) is 0 Å². The number of aryl methyl sites for hydroxylation is 1. The van der Waals surface area contributed by atoms with Gasteiger partial charge in [-0.1, -0.05) is 0 Å². The second kappa shape index (κ2) is 5.52. The fourth-order valence-electron chi connectivity index (χ4n) is 1.46. The Morgan fingerprint density at radius 2 is 2.31 bits per heavy atom. The first kappa shape index (κ1) is 11.7. The van der Waals surface area contributed by atoms with Crippen molar-refractivity contribution in [3.63, 3.8) is 0 Å². The maximum Gasteiger partial charge on any atom is 0.0937 e. The molecule has 2 heterocycles. The maximum absolute atomic E-state index is 4.47. The number of nitrogens with zero attached hydrogens (tertiary/aromatic N) is 2. The van der Waals surface area contributed by atoms with Crippen molar-refractivity contribution >= 4 is 22.7 Å². The highest BCUT2D eigenvalue weighted by molar-refractivity contribution is 7.09. The van der Waals surface area contributed by atoms with E-state index in [-0.39, 0.29) is 0 Å². The van der Waals surface area contributed by atoms with Crippen LogP contribution in [0.15, 0.2) is 17.0 Å². The van der Waals surface area contributed by atoms with Gasteiger partial charge in [0.25, 0.3) is 0 Å². The molecule has 0 saturated carbocycles. The molecule has 0 fully saturated rings. The van der Waals surface area contributed by atoms with Gasteiger partial charge in [0.2, 0.25) is 0 Å². The van der Waals surface area contributed by atoms with E-state index < -0.39 is 0 Å². The predicted octanol–water partition coefficient (Wildman–Crippen LogP) is 2.80. The van der Waals surface area contributed by atoms with Crippen molar-refractivity contribution in [3.05, 3.63) is 32.7 Å². The Morgan fingerprint density at radius 3 is 2.94 bits per heavy atom. The first-order valence-electron chi connectivity index (χ1n) is 5.29. The molecular formula is C11H15N3S2. The molecule has 0 saturated heterocycles. The highest BCUT2D eigenvalue weighted by Crippen LogP contribution is 2.15. The van der Waals surface area contributed by atoms with Crippen molar-refractivity contribution in [3.8, 4) is 0 Å². The summed E-state index contributed by atoms with van der Waals surface area (Å²) in [5.41, 5.74) is 1.14. The van der Waals surface area contributed by atoms with Crippen LogP contribution in [0, 0.1) is 6.92 Å². The van der Waals surface area contributed by atoms with Crippen molar-refractivity contribution in [2.45, 2.75) is 26.3 Å². The van der Waals surface area contributed by atoms with E-state index in [2.05, 4.69) is 27.6 Å². The lowest BCUT2D eigenvalue weighted by atomic mass is 10.2. The molecule has 0 radical (unpaired) electrons. The molecule has 3 nitrogen and oxygen atoms in total. The zero-order chi connectivity index (χ0) is 11.4. The van der Waals surface area contributed by atoms with Crippen molar-refractivity contribution in [2.24, 2.45) is 0 Å². The van der Waals surface area contributed by atoms with Crippen LogP contribution >= 0.6 is 22.7 Å². The minimum absolute atomic E-state index is 0.324. The molecule has 1 N–H and O–H groups in total. The van der Waals surface area contributed by atoms with E-state index in [1.165, 1.54) is 5.01 Å². The molecular weight excluding hydrogens is 238 g/mol. The van der Waals surface area contributed by atoms with Crippen molar-refractivity contribution < 1.29 is 0 Å². The molecule has 2 aromatic rings. The first-order valence-corrected chi connectivity index (χ1v) is 7.05. The molecule has 1 atom stereocenters. The largest absolute Gasteiger partial charge is 0.308 e. The van der Waals surface area contributed by atoms with E-state index >= 15 is 0 Å². The molecule has 0 amide bonds. The van der Waals surface area contributed by atoms with Gasteiger partial charge in [0.1, 0.15) is 0 Å². The summed E-state index contributed by atoms with van der Waals surface area (Å²) in [4.78, 5) is 8.72. The van der Waals surface area contributed by atoms with Gasteiger partial charge in [0.15, 0.2) is 0 Å². The molecule has 0 aromatic carbocycles. The molecule has 1 unspecified atom stereocenters. The van der Waals surface area contributed by atoms with E-state index in [9.17, 15) is 0 Å². The molecule has 0 aliphatic rings. The third kappa shape index (κ3) is 3.10. The van der Waals surface area contributed by atoms with Crippen LogP contribution in [0.2, 0.25) is 0 Å². The molecule has 86 valence electrons. The molecule has 0 aliphatic carbocycles. The third-order valence-corrected chi connectivity index (χ3v) is 3.98. The predicted molar refractivity (Wildman–Crippen MR) is 69.1 cm³/mol. The van der Waals surface area contributed by atoms with E-state index in [0.717, 1.165) is 23.7 Å². The van der Waals surface area contributed by atoms with Gasteiger partial charge in [-0.25, -0.2) is 9.97 Å². The van der Waals surface area contributed by atoms with Crippen LogP contribution in [0.5, 0.6) is 0 Å². The quantitative estimate of drug-likeness (QED) is 0.890. The van der Waals surface area contributed by atoms with E-state index in [4.69, 9.17) is 0 Å². The summed E-state index contributed by atoms with van der Waals surface area (Å²) in [5, 5.41) is 9.92. The van der Waals surface area contributed by atoms with Crippen LogP contribution in [0.25, 0.3) is 0 Å². The fourth-order valence-corrected chi connectivity index (χ4v) is 2.78. The number of hydrogen-bond acceptors (Lipinski definition) is 5. The highest BCUT2D eigenvalue weighted by atomic mass is 32.1. The zero-order valence-corrected chi connectivity index (χ0v) is 11.1. The minimum atomic E-state index is 0.324. The van der Waals surface area contributed by atoms with E-state index in [1.54, 1.807) is 22.7 Å². The Morgan fingerprint density at radius 1 is 1.44 bits per heavy atom. The molecule has 0 spiro atoms. The van der Waals surface area contributed by atoms with Crippen LogP contribution < -0.4 is 5.32 Å². The van der Waals surface area contributed by atoms with Crippen molar-refractivity contribution in [1.82, 2.24) is 15.3 Å². The zero-order valence-electron chi connectivity index (χ0n) is 9.43. The van der Waals surface area contributed by atoms with Gasteiger partial charge < -0.3 is 5.32 Å². The lowest BCUT2D eigenvalue weighted by molar-refractivity contribution is 0.565. The molecule has 5 heteroatoms. The first-order chi connectivity index (χ1) is 7.75. The smallest absolute Gasteiger partial charge is 0.0937 e. The Kier molecular flexibility index (Phi) is 4.04. The Labute approximate surface area is 104 Å². The van der Waals surface area contributed by atoms with Gasteiger partial charge in [-0.2, -0.15) is 0 Å². The molecule has 2 rings (SSSR count). The number of hydrogen-bond donors (Lipinski definition) is 1. The molecule has 16 heavy (non-hydrogen) atoms. The minimum Gasteiger partial charge on any atom is -0.308 e. The second-order valence-electron chi connectivity index (χ2n) is 3.64. The van der Waals surface area contributed by atoms with Crippen molar-refractivity contribution in [1.29, 1.82) is 0 Å². The van der Waals surface area contributed by atoms with Gasteiger partial charge in [-0.15, -0.1) is 22.7 Å². The Hall–Kier alpha value is -0.780. The number of aromatic nitrogens is 2. The third-order valence-electron chi connectivity index (χ3n) is 2.35. The summed E-state index contributed by atoms with van der Waals surface area (Å²) in [5.74, 6) is 0. The molecule has 2 aromatic heterocycles. The summed E-state index contributed by atoms with van der Waals surface area (Å²) >= 11 is 3.41. The molecule has 0 aliphatic heterocycles. The lowest BCUT2D eigenvalue weighted by Crippen LogP contribution is -2.21. The fraction of sp³-hybridized carbons (Fsp3) is 0.455. The van der Waals surface area contributed by atoms with E-state index in [0.29, 0.717) is 6.04 Å². The Bertz CT molecular complexity index is 422. The highest BCUT2D eigenvalue weighted by Gasteiger charge is 2.07. The summed E-state index contributed by atoms with van der Waals surface area (Å²) in [6, 6.07) is 0.324. The summed E-state index contributed by atoms with van der Waals surface area (Å²) in [6.07, 6.45) is 2.85. The maximum atomic E-state index is 4.47. The van der Waals surface area contributed by atoms with Gasteiger partial charge in [0, 0.05) is 36.0 Å². The van der Waals surface area contributed by atoms with E-state index in [1.807, 2.05) is 18.5 Å². The van der Waals surface area contributed by atoms with Gasteiger partial charge >= 0.3 is 0 Å². The topological polar surface area (TPSA) is 37.8 Å². The van der Waals surface area contributed by atoms with Gasteiger partial charge in [-0.3, -0.25) is 0 Å². The van der Waals surface area contributed by atoms with Crippen LogP contribution in [-0.4, -0.2) is 16.5 Å². The Balaban J connectivity index is 1.78. The van der Waals surface area contributed by atoms with Gasteiger partial charge in [-0.05, 0) is 13.8 Å². The summed E-state index contributed by atoms with van der Waals surface area (Å²) < 4.78 is 0. The monoisotopic (exact) mass is 253 g/mol. The number of rotatable bonds is 5. The SMILES string of the molecule is Cc1nc(C(C)NCCc2nccs2)cs1. The second-order valence-corrected chi connectivity index (χ2v) is 5.68. The summed E-state index contributed by atoms with van der Waals surface area (Å²) in [6.45, 7) is 5.14. The lowest BCUT2D eigenvalue weighted by Gasteiger charge is -2.10. The summed E-state index contributed by atoms with van der Waals surface area (Å²) in [7, 11) is 0. The van der Waals surface area contributed by atoms with Crippen LogP contribution in [-0.2, 0) is 6.42 Å². The van der Waals surface area contributed by atoms with Gasteiger partial charge in [0.05, 0.1) is 15.7 Å². The van der Waals surface area contributed by atoms with Crippen LogP contribution in [0.1, 0.15) is 28.7 Å². The average molecular weight is 253 g/mol. The van der Waals surface area contributed by atoms with Crippen molar-refractivity contribution in [2.75, 3.05) is 6.54 Å². The standard InChI is InChI=1S/C11H15N3S2/c1-8(10-7-16-9(2)14-10)12-4-3-11-13-5-6-15-11/h5-8,12H,3-4H2,1-2H3. The normalized spacial score (nSPS) is 12.9. The average Bonchev–Trinajstić information content (AvgIpc) is 2.89. The molecule has 0 bridgehead atoms.